The van der Waals surface area contributed by atoms with Gasteiger partial charge in [0.25, 0.3) is 0 Å². The maximum atomic E-state index is 5.77. The lowest BCUT2D eigenvalue weighted by atomic mass is 10.0. The van der Waals surface area contributed by atoms with Crippen molar-refractivity contribution in [1.82, 2.24) is 4.90 Å². The lowest BCUT2D eigenvalue weighted by molar-refractivity contribution is 0.248. The second kappa shape index (κ2) is 5.16. The summed E-state index contributed by atoms with van der Waals surface area (Å²) in [7, 11) is 0. The van der Waals surface area contributed by atoms with Crippen molar-refractivity contribution in [2.45, 2.75) is 13.0 Å². The van der Waals surface area contributed by atoms with E-state index in [4.69, 9.17) is 5.73 Å². The summed E-state index contributed by atoms with van der Waals surface area (Å²) in [5.41, 5.74) is 11.3. The van der Waals surface area contributed by atoms with Gasteiger partial charge in [-0.1, -0.05) is 55.5 Å². The zero-order chi connectivity index (χ0) is 13.2. The maximum absolute atomic E-state index is 5.77. The fourth-order valence-electron chi connectivity index (χ4n) is 3.16. The molecular weight excluding hydrogens is 232 g/mol. The van der Waals surface area contributed by atoms with E-state index in [1.165, 1.54) is 22.3 Å². The molecule has 0 radical (unpaired) electrons. The third kappa shape index (κ3) is 1.97. The van der Waals surface area contributed by atoms with Gasteiger partial charge in [-0.25, -0.2) is 0 Å². The molecule has 1 aliphatic rings. The lowest BCUT2D eigenvalue weighted by Crippen LogP contribution is -2.33. The topological polar surface area (TPSA) is 29.3 Å². The number of nitrogens with two attached hydrogens (primary N) is 1. The molecule has 0 spiro atoms. The number of likely N-dealkylation sites (N-methyl/N-ethyl adjacent to an activating group) is 1. The molecule has 0 saturated carbocycles. The van der Waals surface area contributed by atoms with Gasteiger partial charge in [-0.3, -0.25) is 4.90 Å². The van der Waals surface area contributed by atoms with Crippen LogP contribution in [-0.2, 0) is 0 Å². The fraction of sp³-hybridized carbons (Fsp3) is 0.294. The molecule has 98 valence electrons. The first-order chi connectivity index (χ1) is 9.36. The van der Waals surface area contributed by atoms with E-state index in [0.29, 0.717) is 12.6 Å². The molecule has 0 amide bonds. The minimum Gasteiger partial charge on any atom is -0.329 e. The molecule has 0 heterocycles. The quantitative estimate of drug-likeness (QED) is 0.906. The lowest BCUT2D eigenvalue weighted by Gasteiger charge is -2.28. The Morgan fingerprint density at radius 1 is 0.947 bits per heavy atom. The molecule has 2 N–H and O–H groups in total. The van der Waals surface area contributed by atoms with Gasteiger partial charge < -0.3 is 5.73 Å². The number of fused-ring (bicyclic) bond motifs is 3. The van der Waals surface area contributed by atoms with Gasteiger partial charge in [-0.15, -0.1) is 0 Å². The molecule has 0 aliphatic heterocycles. The van der Waals surface area contributed by atoms with Crippen molar-refractivity contribution in [3.8, 4) is 11.1 Å². The first-order valence-electron chi connectivity index (χ1n) is 6.99. The highest BCUT2D eigenvalue weighted by atomic mass is 15.2. The maximum Gasteiger partial charge on any atom is 0.0614 e. The van der Waals surface area contributed by atoms with E-state index in [0.717, 1.165) is 13.1 Å². The van der Waals surface area contributed by atoms with Crippen LogP contribution in [0.3, 0.4) is 0 Å². The van der Waals surface area contributed by atoms with Crippen LogP contribution in [0.4, 0.5) is 0 Å². The van der Waals surface area contributed by atoms with Gasteiger partial charge in [0.2, 0.25) is 0 Å². The molecular formula is C17H20N2. The van der Waals surface area contributed by atoms with Gasteiger partial charge in [0.05, 0.1) is 6.04 Å². The zero-order valence-corrected chi connectivity index (χ0v) is 11.3. The van der Waals surface area contributed by atoms with Gasteiger partial charge in [0, 0.05) is 13.1 Å². The van der Waals surface area contributed by atoms with Crippen molar-refractivity contribution >= 4 is 0 Å². The number of nitrogens with zero attached hydrogens (tertiary/aromatic N) is 1. The highest BCUT2D eigenvalue weighted by Gasteiger charge is 2.31. The number of benzene rings is 2. The molecule has 2 nitrogen and oxygen atoms in total. The average Bonchev–Trinajstić information content (AvgIpc) is 2.80. The number of rotatable bonds is 4. The molecule has 0 atom stereocenters. The van der Waals surface area contributed by atoms with E-state index >= 15 is 0 Å². The van der Waals surface area contributed by atoms with E-state index in [1.807, 2.05) is 0 Å². The SMILES string of the molecule is CCN(CCN)C1c2ccccc2-c2ccccc21. The summed E-state index contributed by atoms with van der Waals surface area (Å²) in [6, 6.07) is 17.8. The van der Waals surface area contributed by atoms with Crippen molar-refractivity contribution in [3.05, 3.63) is 59.7 Å². The summed E-state index contributed by atoms with van der Waals surface area (Å²) in [6.45, 7) is 4.86. The second-order valence-corrected chi connectivity index (χ2v) is 4.99. The van der Waals surface area contributed by atoms with Crippen molar-refractivity contribution in [2.75, 3.05) is 19.6 Å². The summed E-state index contributed by atoms with van der Waals surface area (Å²) >= 11 is 0. The zero-order valence-electron chi connectivity index (χ0n) is 11.3. The summed E-state index contributed by atoms with van der Waals surface area (Å²) in [4.78, 5) is 2.46. The van der Waals surface area contributed by atoms with Crippen molar-refractivity contribution in [1.29, 1.82) is 0 Å². The van der Waals surface area contributed by atoms with Crippen LogP contribution in [-0.4, -0.2) is 24.5 Å². The van der Waals surface area contributed by atoms with Crippen LogP contribution in [0.5, 0.6) is 0 Å². The number of hydrogen-bond donors (Lipinski definition) is 1. The van der Waals surface area contributed by atoms with Gasteiger partial charge in [-0.2, -0.15) is 0 Å². The van der Waals surface area contributed by atoms with Crippen LogP contribution >= 0.6 is 0 Å². The largest absolute Gasteiger partial charge is 0.329 e. The predicted molar refractivity (Wildman–Crippen MR) is 80.0 cm³/mol. The third-order valence-corrected chi connectivity index (χ3v) is 3.99. The average molecular weight is 252 g/mol. The molecule has 0 saturated heterocycles. The Hall–Kier alpha value is -1.64. The smallest absolute Gasteiger partial charge is 0.0614 e. The molecule has 2 aromatic carbocycles. The summed E-state index contributed by atoms with van der Waals surface area (Å²) < 4.78 is 0. The monoisotopic (exact) mass is 252 g/mol. The summed E-state index contributed by atoms with van der Waals surface area (Å²) in [6.07, 6.45) is 0. The third-order valence-electron chi connectivity index (χ3n) is 3.99. The summed E-state index contributed by atoms with van der Waals surface area (Å²) in [5, 5.41) is 0. The highest BCUT2D eigenvalue weighted by Crippen LogP contribution is 2.45. The Labute approximate surface area is 114 Å². The first-order valence-corrected chi connectivity index (χ1v) is 6.99. The van der Waals surface area contributed by atoms with Crippen LogP contribution in [0.2, 0.25) is 0 Å². The first kappa shape index (κ1) is 12.4. The Morgan fingerprint density at radius 2 is 1.47 bits per heavy atom. The standard InChI is InChI=1S/C17H20N2/c1-2-19(12-11-18)17-15-9-5-3-7-13(15)14-8-4-6-10-16(14)17/h3-10,17H,2,11-12,18H2,1H3. The van der Waals surface area contributed by atoms with Gasteiger partial charge in [0.1, 0.15) is 0 Å². The van der Waals surface area contributed by atoms with E-state index < -0.39 is 0 Å². The van der Waals surface area contributed by atoms with Gasteiger partial charge in [-0.05, 0) is 28.8 Å². The van der Waals surface area contributed by atoms with Crippen molar-refractivity contribution in [3.63, 3.8) is 0 Å². The van der Waals surface area contributed by atoms with E-state index in [1.54, 1.807) is 0 Å². The van der Waals surface area contributed by atoms with Crippen LogP contribution < -0.4 is 5.73 Å². The van der Waals surface area contributed by atoms with Gasteiger partial charge >= 0.3 is 0 Å². The van der Waals surface area contributed by atoms with Crippen LogP contribution in [0.15, 0.2) is 48.5 Å². The van der Waals surface area contributed by atoms with E-state index in [9.17, 15) is 0 Å². The Balaban J connectivity index is 2.14. The fourth-order valence-corrected chi connectivity index (χ4v) is 3.16. The molecule has 0 fully saturated rings. The molecule has 3 rings (SSSR count). The molecule has 2 heteroatoms. The predicted octanol–water partition coefficient (Wildman–Crippen LogP) is 3.04. The molecule has 1 aliphatic carbocycles. The minimum absolute atomic E-state index is 0.362. The molecule has 0 unspecified atom stereocenters. The van der Waals surface area contributed by atoms with E-state index in [2.05, 4.69) is 60.4 Å². The van der Waals surface area contributed by atoms with E-state index in [-0.39, 0.29) is 0 Å². The molecule has 2 aromatic rings. The van der Waals surface area contributed by atoms with Gasteiger partial charge in [0.15, 0.2) is 0 Å². The Kier molecular flexibility index (Phi) is 3.36. The van der Waals surface area contributed by atoms with Crippen molar-refractivity contribution < 1.29 is 0 Å². The van der Waals surface area contributed by atoms with Crippen LogP contribution in [0, 0.1) is 0 Å². The normalized spacial score (nSPS) is 13.6. The molecule has 0 bridgehead atoms. The van der Waals surface area contributed by atoms with Crippen LogP contribution in [0.25, 0.3) is 11.1 Å². The van der Waals surface area contributed by atoms with Crippen LogP contribution in [0.1, 0.15) is 24.1 Å². The molecule has 0 aromatic heterocycles. The number of hydrogen-bond acceptors (Lipinski definition) is 2. The highest BCUT2D eigenvalue weighted by molar-refractivity contribution is 5.78. The Bertz CT molecular complexity index is 531. The molecule has 19 heavy (non-hydrogen) atoms. The summed E-state index contributed by atoms with van der Waals surface area (Å²) in [5.74, 6) is 0. The Morgan fingerprint density at radius 3 is 1.95 bits per heavy atom. The minimum atomic E-state index is 0.362. The second-order valence-electron chi connectivity index (χ2n) is 4.99. The van der Waals surface area contributed by atoms with Crippen molar-refractivity contribution in [2.24, 2.45) is 5.73 Å².